The zero-order chi connectivity index (χ0) is 15.1. The first kappa shape index (κ1) is 12.9. The topological polar surface area (TPSA) is 107 Å². The maximum atomic E-state index is 12.4. The average molecular weight is 283 g/mol. The highest BCUT2D eigenvalue weighted by Crippen LogP contribution is 2.17. The molecular weight excluding hydrogens is 274 g/mol. The van der Waals surface area contributed by atoms with Crippen LogP contribution in [-0.4, -0.2) is 27.1 Å². The third-order valence-corrected chi connectivity index (χ3v) is 3.29. The Morgan fingerprint density at radius 3 is 2.10 bits per heavy atom. The number of hydrogen-bond donors (Lipinski definition) is 3. The normalized spacial score (nSPS) is 10.9. The Kier molecular flexibility index (Phi) is 2.72. The molecule has 0 amide bonds. The lowest BCUT2D eigenvalue weighted by Crippen LogP contribution is -2.07. The van der Waals surface area contributed by atoms with Crippen molar-refractivity contribution in [2.75, 3.05) is 0 Å². The summed E-state index contributed by atoms with van der Waals surface area (Å²) in [6, 6.07) is 8.32. The third kappa shape index (κ3) is 2.02. The molecule has 3 rings (SSSR count). The van der Waals surface area contributed by atoms with E-state index in [1.54, 1.807) is 0 Å². The number of carbonyl (C=O) groups is 2. The highest BCUT2D eigenvalue weighted by atomic mass is 16.4. The minimum absolute atomic E-state index is 0.0227. The molecule has 3 N–H and O–H groups in total. The van der Waals surface area contributed by atoms with Gasteiger partial charge in [-0.2, -0.15) is 0 Å². The fourth-order valence-corrected chi connectivity index (χ4v) is 2.24. The summed E-state index contributed by atoms with van der Waals surface area (Å²) in [5, 5.41) is 18.5. The SMILES string of the molecule is O=C(O)c1ccc2c(=O)c3cc(C(=O)O)ccc3[nH]c2c1. The second-order valence-corrected chi connectivity index (χ2v) is 4.59. The van der Waals surface area contributed by atoms with E-state index in [9.17, 15) is 14.4 Å². The van der Waals surface area contributed by atoms with Crippen LogP contribution in [0, 0.1) is 0 Å². The first-order chi connectivity index (χ1) is 9.97. The summed E-state index contributed by atoms with van der Waals surface area (Å²) in [4.78, 5) is 37.3. The monoisotopic (exact) mass is 283 g/mol. The Balaban J connectivity index is 2.40. The molecule has 1 aromatic heterocycles. The van der Waals surface area contributed by atoms with Crippen LogP contribution in [0.2, 0.25) is 0 Å². The quantitative estimate of drug-likeness (QED) is 0.624. The van der Waals surface area contributed by atoms with E-state index >= 15 is 0 Å². The molecule has 6 heteroatoms. The number of hydrogen-bond acceptors (Lipinski definition) is 3. The van der Waals surface area contributed by atoms with Gasteiger partial charge >= 0.3 is 11.9 Å². The van der Waals surface area contributed by atoms with Gasteiger partial charge in [-0.25, -0.2) is 9.59 Å². The summed E-state index contributed by atoms with van der Waals surface area (Å²) in [5.41, 5.74) is 0.614. The second-order valence-electron chi connectivity index (χ2n) is 4.59. The molecule has 0 bridgehead atoms. The highest BCUT2D eigenvalue weighted by molar-refractivity contribution is 5.99. The van der Waals surface area contributed by atoms with E-state index in [1.165, 1.54) is 36.4 Å². The molecule has 0 aliphatic carbocycles. The summed E-state index contributed by atoms with van der Waals surface area (Å²) in [7, 11) is 0. The van der Waals surface area contributed by atoms with Crippen LogP contribution in [0.4, 0.5) is 0 Å². The highest BCUT2D eigenvalue weighted by Gasteiger charge is 2.11. The van der Waals surface area contributed by atoms with Gasteiger partial charge < -0.3 is 15.2 Å². The van der Waals surface area contributed by atoms with E-state index in [4.69, 9.17) is 10.2 Å². The minimum atomic E-state index is -1.11. The molecule has 0 atom stereocenters. The Morgan fingerprint density at radius 1 is 0.810 bits per heavy atom. The van der Waals surface area contributed by atoms with Crippen LogP contribution >= 0.6 is 0 Å². The predicted molar refractivity (Wildman–Crippen MR) is 76.0 cm³/mol. The largest absolute Gasteiger partial charge is 0.478 e. The lowest BCUT2D eigenvalue weighted by molar-refractivity contribution is 0.0686. The van der Waals surface area contributed by atoms with E-state index in [2.05, 4.69) is 4.98 Å². The second kappa shape index (κ2) is 4.45. The molecule has 6 nitrogen and oxygen atoms in total. The van der Waals surface area contributed by atoms with Crippen molar-refractivity contribution >= 4 is 33.7 Å². The summed E-state index contributed by atoms with van der Waals surface area (Å²) in [5.74, 6) is -2.20. The number of fused-ring (bicyclic) bond motifs is 2. The van der Waals surface area contributed by atoms with Gasteiger partial charge in [-0.3, -0.25) is 4.79 Å². The van der Waals surface area contributed by atoms with Crippen LogP contribution in [0.1, 0.15) is 20.7 Å². The van der Waals surface area contributed by atoms with Gasteiger partial charge in [0.2, 0.25) is 0 Å². The number of aromatic nitrogens is 1. The number of nitrogens with one attached hydrogen (secondary N) is 1. The molecule has 0 aliphatic heterocycles. The third-order valence-electron chi connectivity index (χ3n) is 3.29. The molecule has 1 heterocycles. The lowest BCUT2D eigenvalue weighted by atomic mass is 10.1. The number of H-pyrrole nitrogens is 1. The minimum Gasteiger partial charge on any atom is -0.478 e. The molecule has 0 saturated heterocycles. The number of benzene rings is 2. The molecule has 0 fully saturated rings. The number of rotatable bonds is 2. The molecule has 0 aliphatic rings. The van der Waals surface area contributed by atoms with Gasteiger partial charge in [0.25, 0.3) is 0 Å². The predicted octanol–water partition coefficient (Wildman–Crippen LogP) is 2.08. The van der Waals surface area contributed by atoms with Crippen molar-refractivity contribution in [3.8, 4) is 0 Å². The fourth-order valence-electron chi connectivity index (χ4n) is 2.24. The van der Waals surface area contributed by atoms with Gasteiger partial charge in [0.1, 0.15) is 0 Å². The molecule has 104 valence electrons. The van der Waals surface area contributed by atoms with Crippen molar-refractivity contribution in [1.29, 1.82) is 0 Å². The van der Waals surface area contributed by atoms with E-state index < -0.39 is 11.9 Å². The molecule has 21 heavy (non-hydrogen) atoms. The fraction of sp³-hybridized carbons (Fsp3) is 0. The van der Waals surface area contributed by atoms with Crippen LogP contribution in [0.3, 0.4) is 0 Å². The Labute approximate surface area is 117 Å². The van der Waals surface area contributed by atoms with Crippen LogP contribution in [-0.2, 0) is 0 Å². The van der Waals surface area contributed by atoms with Crippen molar-refractivity contribution < 1.29 is 19.8 Å². The first-order valence-electron chi connectivity index (χ1n) is 6.04. The molecule has 0 spiro atoms. The number of aromatic carboxylic acids is 2. The summed E-state index contributed by atoms with van der Waals surface area (Å²) < 4.78 is 0. The van der Waals surface area contributed by atoms with Crippen LogP contribution < -0.4 is 5.43 Å². The van der Waals surface area contributed by atoms with E-state index in [-0.39, 0.29) is 21.9 Å². The van der Waals surface area contributed by atoms with Gasteiger partial charge in [-0.15, -0.1) is 0 Å². The van der Waals surface area contributed by atoms with Crippen LogP contribution in [0.5, 0.6) is 0 Å². The smallest absolute Gasteiger partial charge is 0.335 e. The van der Waals surface area contributed by atoms with E-state index in [0.717, 1.165) is 0 Å². The number of aromatic amines is 1. The van der Waals surface area contributed by atoms with Gasteiger partial charge in [-0.05, 0) is 36.4 Å². The molecule has 0 saturated carbocycles. The van der Waals surface area contributed by atoms with Gasteiger partial charge in [0, 0.05) is 16.3 Å². The average Bonchev–Trinajstić information content (AvgIpc) is 2.46. The van der Waals surface area contributed by atoms with Crippen molar-refractivity contribution in [2.24, 2.45) is 0 Å². The molecule has 0 radical (unpaired) electrons. The molecule has 2 aromatic carbocycles. The Morgan fingerprint density at radius 2 is 1.43 bits per heavy atom. The molecule has 3 aromatic rings. The summed E-state index contributed by atoms with van der Waals surface area (Å²) >= 11 is 0. The number of carboxylic acid groups (broad SMARTS) is 2. The summed E-state index contributed by atoms with van der Waals surface area (Å²) in [6.45, 7) is 0. The molecule has 0 unspecified atom stereocenters. The van der Waals surface area contributed by atoms with Crippen LogP contribution in [0.25, 0.3) is 21.8 Å². The van der Waals surface area contributed by atoms with Gasteiger partial charge in [0.05, 0.1) is 16.6 Å². The lowest BCUT2D eigenvalue weighted by Gasteiger charge is -2.04. The summed E-state index contributed by atoms with van der Waals surface area (Å²) in [6.07, 6.45) is 0. The maximum absolute atomic E-state index is 12.4. The van der Waals surface area contributed by atoms with E-state index in [1.807, 2.05) is 0 Å². The Bertz CT molecular complexity index is 971. The van der Waals surface area contributed by atoms with Crippen LogP contribution in [0.15, 0.2) is 41.2 Å². The zero-order valence-electron chi connectivity index (χ0n) is 10.6. The number of carboxylic acids is 2. The van der Waals surface area contributed by atoms with Gasteiger partial charge in [0.15, 0.2) is 5.43 Å². The van der Waals surface area contributed by atoms with Crippen molar-refractivity contribution in [3.05, 3.63) is 57.7 Å². The zero-order valence-corrected chi connectivity index (χ0v) is 10.6. The Hall–Kier alpha value is -3.15. The van der Waals surface area contributed by atoms with Crippen molar-refractivity contribution in [1.82, 2.24) is 4.98 Å². The molecular formula is C15H9NO5. The van der Waals surface area contributed by atoms with Crippen molar-refractivity contribution in [2.45, 2.75) is 0 Å². The van der Waals surface area contributed by atoms with Gasteiger partial charge in [-0.1, -0.05) is 0 Å². The van der Waals surface area contributed by atoms with Crippen molar-refractivity contribution in [3.63, 3.8) is 0 Å². The standard InChI is InChI=1S/C15H9NO5/c17-13-9-3-1-8(15(20)21)6-12(9)16-11-4-2-7(14(18)19)5-10(11)13/h1-6H,(H,16,17)(H,18,19)(H,20,21). The first-order valence-corrected chi connectivity index (χ1v) is 6.04. The number of pyridine rings is 1. The maximum Gasteiger partial charge on any atom is 0.335 e. The van der Waals surface area contributed by atoms with E-state index in [0.29, 0.717) is 16.4 Å².